The average molecular weight is 482 g/mol. The third-order valence-corrected chi connectivity index (χ3v) is 5.26. The van der Waals surface area contributed by atoms with E-state index >= 15 is 0 Å². The number of nitrogens with zero attached hydrogens (tertiary/aromatic N) is 2. The zero-order valence-electron chi connectivity index (χ0n) is 16.2. The van der Waals surface area contributed by atoms with Crippen LogP contribution in [0.1, 0.15) is 65.2 Å². The zero-order chi connectivity index (χ0) is 19.6. The van der Waals surface area contributed by atoms with Crippen molar-refractivity contribution < 1.29 is 9.59 Å². The maximum atomic E-state index is 12.3. The van der Waals surface area contributed by atoms with Crippen LogP contribution in [0.15, 0.2) is 39.1 Å². The van der Waals surface area contributed by atoms with Crippen LogP contribution in [-0.2, 0) is 9.59 Å². The number of benzene rings is 1. The van der Waals surface area contributed by atoms with Gasteiger partial charge in [0.2, 0.25) is 0 Å². The van der Waals surface area contributed by atoms with Crippen LogP contribution in [0.4, 0.5) is 11.4 Å². The summed E-state index contributed by atoms with van der Waals surface area (Å²) in [6.45, 7) is 4.04. The van der Waals surface area contributed by atoms with Gasteiger partial charge in [0.25, 0.3) is 0 Å². The van der Waals surface area contributed by atoms with E-state index in [-0.39, 0.29) is 11.8 Å². The summed E-state index contributed by atoms with van der Waals surface area (Å²) >= 11 is 1.76. The summed E-state index contributed by atoms with van der Waals surface area (Å²) in [5.41, 5.74) is 2.79. The number of anilines is 2. The normalized spacial score (nSPS) is 15.3. The minimum absolute atomic E-state index is 0.0407. The Kier molecular flexibility index (Phi) is 9.03. The molecule has 6 heteroatoms. The second kappa shape index (κ2) is 11.3. The van der Waals surface area contributed by atoms with Crippen molar-refractivity contribution in [2.24, 2.45) is 5.10 Å². The van der Waals surface area contributed by atoms with Crippen LogP contribution in [0.5, 0.6) is 0 Å². The van der Waals surface area contributed by atoms with Gasteiger partial charge in [-0.25, -0.2) is 0 Å². The molecule has 1 heterocycles. The molecule has 1 aromatic carbocycles. The Morgan fingerprint density at radius 2 is 1.74 bits per heavy atom. The van der Waals surface area contributed by atoms with E-state index in [1.165, 1.54) is 37.1 Å². The molecule has 0 unspecified atom stereocenters. The number of amides is 2. The quantitative estimate of drug-likeness (QED) is 0.303. The molecule has 145 valence electrons. The van der Waals surface area contributed by atoms with Crippen LogP contribution in [0, 0.1) is 0 Å². The number of nitrogens with one attached hydrogen (secondary N) is 1. The Morgan fingerprint density at radius 1 is 1.11 bits per heavy atom. The van der Waals surface area contributed by atoms with Crippen molar-refractivity contribution in [1.82, 2.24) is 0 Å². The molecule has 1 aliphatic rings. The first-order valence-corrected chi connectivity index (χ1v) is 11.0. The van der Waals surface area contributed by atoms with Crippen molar-refractivity contribution in [3.05, 3.63) is 34.0 Å². The zero-order valence-corrected chi connectivity index (χ0v) is 18.5. The fourth-order valence-corrected chi connectivity index (χ4v) is 3.76. The first kappa shape index (κ1) is 21.7. The molecule has 1 N–H and O–H groups in total. The van der Waals surface area contributed by atoms with Crippen LogP contribution in [-0.4, -0.2) is 39.8 Å². The molecule has 1 aromatic rings. The first-order valence-electron chi connectivity index (χ1n) is 9.69. The molecule has 0 fully saturated rings. The van der Waals surface area contributed by atoms with Crippen molar-refractivity contribution in [3.8, 4) is 0 Å². The Balaban J connectivity index is 1.77. The SMILES string of the molecule is CCCCCCCCCC(=O)Nc1ccc(N2N=C(C)/C(=C\[Te])C2=O)cc1. The average Bonchev–Trinajstić information content (AvgIpc) is 2.95. The van der Waals surface area contributed by atoms with Gasteiger partial charge in [-0.15, -0.1) is 0 Å². The number of unbranched alkanes of at least 4 members (excludes halogenated alkanes) is 6. The number of hydrazone groups is 1. The van der Waals surface area contributed by atoms with Gasteiger partial charge in [-0.2, -0.15) is 0 Å². The summed E-state index contributed by atoms with van der Waals surface area (Å²) in [4.78, 5) is 24.4. The van der Waals surface area contributed by atoms with Crippen LogP contribution >= 0.6 is 0 Å². The fourth-order valence-electron chi connectivity index (χ4n) is 2.98. The first-order chi connectivity index (χ1) is 13.1. The molecular weight excluding hydrogens is 454 g/mol. The third-order valence-electron chi connectivity index (χ3n) is 4.58. The van der Waals surface area contributed by atoms with Crippen LogP contribution < -0.4 is 10.3 Å². The van der Waals surface area contributed by atoms with E-state index in [1.54, 1.807) is 38.6 Å². The number of hydrogen-bond donors (Lipinski definition) is 1. The van der Waals surface area contributed by atoms with Crippen molar-refractivity contribution in [3.63, 3.8) is 0 Å². The molecular formula is C21H28N3O2Te. The topological polar surface area (TPSA) is 61.8 Å². The van der Waals surface area contributed by atoms with E-state index in [2.05, 4.69) is 17.3 Å². The van der Waals surface area contributed by atoms with Gasteiger partial charge in [0.15, 0.2) is 0 Å². The molecule has 0 aliphatic carbocycles. The van der Waals surface area contributed by atoms with Gasteiger partial charge in [-0.3, -0.25) is 0 Å². The van der Waals surface area contributed by atoms with Gasteiger partial charge in [0, 0.05) is 0 Å². The van der Waals surface area contributed by atoms with Gasteiger partial charge in [0.05, 0.1) is 0 Å². The Bertz CT molecular complexity index is 711. The Hall–Kier alpha value is -1.64. The van der Waals surface area contributed by atoms with E-state index < -0.39 is 0 Å². The maximum absolute atomic E-state index is 12.3. The second-order valence-electron chi connectivity index (χ2n) is 6.80. The molecule has 0 saturated carbocycles. The number of carbonyl (C=O) groups is 2. The number of rotatable bonds is 10. The molecule has 0 atom stereocenters. The molecule has 0 bridgehead atoms. The van der Waals surface area contributed by atoms with E-state index in [4.69, 9.17) is 0 Å². The fraction of sp³-hybridized carbons (Fsp3) is 0.476. The van der Waals surface area contributed by atoms with Gasteiger partial charge in [-0.05, 0) is 0 Å². The summed E-state index contributed by atoms with van der Waals surface area (Å²) in [5.74, 6) is -0.0765. The summed E-state index contributed by atoms with van der Waals surface area (Å²) < 4.78 is 1.79. The monoisotopic (exact) mass is 484 g/mol. The Morgan fingerprint density at radius 3 is 2.33 bits per heavy atom. The molecule has 1 aliphatic heterocycles. The predicted molar refractivity (Wildman–Crippen MR) is 112 cm³/mol. The number of hydrogen-bond acceptors (Lipinski definition) is 3. The molecule has 0 aromatic heterocycles. The van der Waals surface area contributed by atoms with Gasteiger partial charge >= 0.3 is 130 Å². The van der Waals surface area contributed by atoms with Crippen LogP contribution in [0.2, 0.25) is 0 Å². The molecule has 5 nitrogen and oxygen atoms in total. The third kappa shape index (κ3) is 6.48. The predicted octanol–water partition coefficient (Wildman–Crippen LogP) is 4.54. The van der Waals surface area contributed by atoms with Crippen molar-refractivity contribution in [2.75, 3.05) is 10.3 Å². The van der Waals surface area contributed by atoms with Crippen LogP contribution in [0.25, 0.3) is 0 Å². The summed E-state index contributed by atoms with van der Waals surface area (Å²) in [6.07, 6.45) is 8.93. The van der Waals surface area contributed by atoms with Gasteiger partial charge in [0.1, 0.15) is 0 Å². The van der Waals surface area contributed by atoms with Crippen LogP contribution in [0.3, 0.4) is 0 Å². The molecule has 2 rings (SSSR count). The van der Waals surface area contributed by atoms with Gasteiger partial charge < -0.3 is 0 Å². The second-order valence-corrected chi connectivity index (χ2v) is 7.47. The van der Waals surface area contributed by atoms with E-state index in [1.807, 2.05) is 19.1 Å². The standard InChI is InChI=1S/C21H28N3O2Te/c1-3-4-5-6-7-8-9-10-20(25)22-17-11-13-18(14-12-17)24-21(26)19(15-27)16(2)23-24/h11-15H,3-10H2,1-2H3,(H,22,25)/b19-15+. The number of carbonyl (C=O) groups excluding carboxylic acids is 2. The van der Waals surface area contributed by atoms with Gasteiger partial charge in [-0.1, -0.05) is 45.4 Å². The summed E-state index contributed by atoms with van der Waals surface area (Å²) in [5, 5.41) is 8.63. The van der Waals surface area contributed by atoms with E-state index in [0.29, 0.717) is 17.7 Å². The van der Waals surface area contributed by atoms with E-state index in [9.17, 15) is 9.59 Å². The Labute approximate surface area is 175 Å². The van der Waals surface area contributed by atoms with Crippen molar-refractivity contribution >= 4 is 51.2 Å². The summed E-state index contributed by atoms with van der Waals surface area (Å²) in [6, 6.07) is 7.23. The molecule has 0 spiro atoms. The van der Waals surface area contributed by atoms with E-state index in [0.717, 1.165) is 24.2 Å². The van der Waals surface area contributed by atoms with Crippen molar-refractivity contribution in [1.29, 1.82) is 0 Å². The molecule has 27 heavy (non-hydrogen) atoms. The minimum atomic E-state index is -0.117. The molecule has 1 radical (unpaired) electrons. The summed E-state index contributed by atoms with van der Waals surface area (Å²) in [7, 11) is 0. The van der Waals surface area contributed by atoms with Crippen molar-refractivity contribution in [2.45, 2.75) is 65.2 Å². The molecule has 0 saturated heterocycles. The molecule has 2 amide bonds.